The van der Waals surface area contributed by atoms with Crippen LogP contribution in [0.5, 0.6) is 0 Å². The van der Waals surface area contributed by atoms with Gasteiger partial charge in [0.1, 0.15) is 10.7 Å². The van der Waals surface area contributed by atoms with Crippen LogP contribution in [0, 0.1) is 0 Å². The van der Waals surface area contributed by atoms with Crippen molar-refractivity contribution in [2.75, 3.05) is 5.32 Å². The minimum absolute atomic E-state index is 0.250. The largest absolute Gasteiger partial charge is 0.376 e. The van der Waals surface area contributed by atoms with Gasteiger partial charge in [-0.3, -0.25) is 4.98 Å². The van der Waals surface area contributed by atoms with Crippen LogP contribution in [0.25, 0.3) is 22.0 Å². The molecule has 0 amide bonds. The summed E-state index contributed by atoms with van der Waals surface area (Å²) in [7, 11) is 0. The minimum atomic E-state index is 0.250. The Labute approximate surface area is 131 Å². The number of pyridine rings is 1. The van der Waals surface area contributed by atoms with Crippen LogP contribution in [0.15, 0.2) is 54.0 Å². The molecule has 0 aliphatic heterocycles. The van der Waals surface area contributed by atoms with Crippen LogP contribution in [-0.2, 0) is 0 Å². The van der Waals surface area contributed by atoms with Gasteiger partial charge in [0, 0.05) is 22.8 Å². The standard InChI is InChI=1S/C15H12N4S2/c16-15(20)18-11-5-3-4-10(8-11)14-19-13(9-21-14)12-6-1-2-7-17-12/h1-9H,(H3,16,18,20). The van der Waals surface area contributed by atoms with Gasteiger partial charge in [-0.25, -0.2) is 4.98 Å². The molecule has 0 aliphatic rings. The van der Waals surface area contributed by atoms with Crippen molar-refractivity contribution in [1.29, 1.82) is 0 Å². The molecule has 0 atom stereocenters. The molecule has 0 fully saturated rings. The average molecular weight is 312 g/mol. The van der Waals surface area contributed by atoms with Crippen molar-refractivity contribution >= 4 is 34.4 Å². The molecule has 0 saturated heterocycles. The summed E-state index contributed by atoms with van der Waals surface area (Å²) in [5.41, 5.74) is 9.12. The summed E-state index contributed by atoms with van der Waals surface area (Å²) >= 11 is 6.43. The smallest absolute Gasteiger partial charge is 0.168 e. The molecule has 104 valence electrons. The normalized spacial score (nSPS) is 10.3. The van der Waals surface area contributed by atoms with Crippen LogP contribution >= 0.6 is 23.6 Å². The van der Waals surface area contributed by atoms with E-state index in [9.17, 15) is 0 Å². The maximum atomic E-state index is 5.49. The third-order valence-electron chi connectivity index (χ3n) is 2.81. The summed E-state index contributed by atoms with van der Waals surface area (Å²) in [4.78, 5) is 8.95. The van der Waals surface area contributed by atoms with Crippen molar-refractivity contribution in [1.82, 2.24) is 9.97 Å². The molecular formula is C15H12N4S2. The number of nitrogens with zero attached hydrogens (tertiary/aromatic N) is 2. The number of nitrogens with one attached hydrogen (secondary N) is 1. The van der Waals surface area contributed by atoms with Crippen molar-refractivity contribution < 1.29 is 0 Å². The van der Waals surface area contributed by atoms with E-state index < -0.39 is 0 Å². The van der Waals surface area contributed by atoms with Gasteiger partial charge in [-0.05, 0) is 36.5 Å². The van der Waals surface area contributed by atoms with Crippen LogP contribution in [0.4, 0.5) is 5.69 Å². The molecule has 21 heavy (non-hydrogen) atoms. The lowest BCUT2D eigenvalue weighted by molar-refractivity contribution is 1.28. The van der Waals surface area contributed by atoms with E-state index >= 15 is 0 Å². The van der Waals surface area contributed by atoms with Gasteiger partial charge in [0.05, 0.1) is 5.69 Å². The predicted octanol–water partition coefficient (Wildman–Crippen LogP) is 3.53. The highest BCUT2D eigenvalue weighted by Crippen LogP contribution is 2.29. The van der Waals surface area contributed by atoms with Crippen molar-refractivity contribution in [3.63, 3.8) is 0 Å². The SMILES string of the molecule is NC(=S)Nc1cccc(-c2nc(-c3ccccn3)cs2)c1. The van der Waals surface area contributed by atoms with Crippen molar-refractivity contribution in [3.8, 4) is 22.0 Å². The number of rotatable bonds is 3. The lowest BCUT2D eigenvalue weighted by atomic mass is 10.2. The number of thiazole rings is 1. The second-order valence-corrected chi connectivity index (χ2v) is 5.62. The lowest BCUT2D eigenvalue weighted by Crippen LogP contribution is -2.18. The van der Waals surface area contributed by atoms with Crippen molar-refractivity contribution in [2.24, 2.45) is 5.73 Å². The number of hydrogen-bond acceptors (Lipinski definition) is 4. The first-order valence-corrected chi connectivity index (χ1v) is 7.55. The molecule has 3 aromatic rings. The molecule has 2 heterocycles. The highest BCUT2D eigenvalue weighted by molar-refractivity contribution is 7.80. The van der Waals surface area contributed by atoms with Gasteiger partial charge in [-0.15, -0.1) is 11.3 Å². The predicted molar refractivity (Wildman–Crippen MR) is 91.2 cm³/mol. The third-order valence-corrected chi connectivity index (χ3v) is 3.80. The number of nitrogens with two attached hydrogens (primary N) is 1. The number of hydrogen-bond donors (Lipinski definition) is 2. The summed E-state index contributed by atoms with van der Waals surface area (Å²) in [6.07, 6.45) is 1.76. The van der Waals surface area contributed by atoms with Crippen LogP contribution in [0.1, 0.15) is 0 Å². The molecule has 6 heteroatoms. The maximum absolute atomic E-state index is 5.49. The fraction of sp³-hybridized carbons (Fsp3) is 0. The number of anilines is 1. The summed E-state index contributed by atoms with van der Waals surface area (Å²) in [5.74, 6) is 0. The Bertz CT molecular complexity index is 768. The Morgan fingerprint density at radius 1 is 1.14 bits per heavy atom. The number of thiocarbonyl (C=S) groups is 1. The zero-order chi connectivity index (χ0) is 14.7. The lowest BCUT2D eigenvalue weighted by Gasteiger charge is -2.04. The van der Waals surface area contributed by atoms with E-state index in [1.807, 2.05) is 47.8 Å². The highest BCUT2D eigenvalue weighted by Gasteiger charge is 2.08. The Morgan fingerprint density at radius 2 is 2.05 bits per heavy atom. The van der Waals surface area contributed by atoms with Gasteiger partial charge in [0.15, 0.2) is 5.11 Å². The molecule has 4 nitrogen and oxygen atoms in total. The first-order valence-electron chi connectivity index (χ1n) is 6.26. The number of aromatic nitrogens is 2. The van der Waals surface area contributed by atoms with E-state index in [4.69, 9.17) is 18.0 Å². The van der Waals surface area contributed by atoms with E-state index in [1.165, 1.54) is 0 Å². The van der Waals surface area contributed by atoms with Crippen LogP contribution in [0.2, 0.25) is 0 Å². The van der Waals surface area contributed by atoms with Crippen LogP contribution in [0.3, 0.4) is 0 Å². The molecule has 3 rings (SSSR count). The van der Waals surface area contributed by atoms with E-state index in [1.54, 1.807) is 17.5 Å². The number of benzene rings is 1. The summed E-state index contributed by atoms with van der Waals surface area (Å²) < 4.78 is 0. The Morgan fingerprint density at radius 3 is 2.81 bits per heavy atom. The summed E-state index contributed by atoms with van der Waals surface area (Å²) in [5, 5.41) is 6.12. The Kier molecular flexibility index (Phi) is 3.89. The summed E-state index contributed by atoms with van der Waals surface area (Å²) in [6, 6.07) is 13.6. The Hall–Kier alpha value is -2.31. The molecule has 2 aromatic heterocycles. The van der Waals surface area contributed by atoms with Gasteiger partial charge in [0.2, 0.25) is 0 Å². The molecule has 0 bridgehead atoms. The first-order chi connectivity index (χ1) is 10.2. The average Bonchev–Trinajstić information content (AvgIpc) is 2.98. The van der Waals surface area contributed by atoms with Crippen molar-refractivity contribution in [3.05, 3.63) is 54.0 Å². The second kappa shape index (κ2) is 5.99. The van der Waals surface area contributed by atoms with Gasteiger partial charge >= 0.3 is 0 Å². The quantitative estimate of drug-likeness (QED) is 0.724. The fourth-order valence-electron chi connectivity index (χ4n) is 1.91. The minimum Gasteiger partial charge on any atom is -0.376 e. The topological polar surface area (TPSA) is 63.8 Å². The van der Waals surface area contributed by atoms with Crippen molar-refractivity contribution in [2.45, 2.75) is 0 Å². The second-order valence-electron chi connectivity index (χ2n) is 4.32. The zero-order valence-corrected chi connectivity index (χ0v) is 12.6. The van der Waals surface area contributed by atoms with Crippen LogP contribution < -0.4 is 11.1 Å². The molecule has 3 N–H and O–H groups in total. The summed E-state index contributed by atoms with van der Waals surface area (Å²) in [6.45, 7) is 0. The highest BCUT2D eigenvalue weighted by atomic mass is 32.1. The third kappa shape index (κ3) is 3.24. The van der Waals surface area contributed by atoms with Crippen LogP contribution in [-0.4, -0.2) is 15.1 Å². The fourth-order valence-corrected chi connectivity index (χ4v) is 2.84. The van der Waals surface area contributed by atoms with E-state index in [0.717, 1.165) is 27.6 Å². The van der Waals surface area contributed by atoms with E-state index in [2.05, 4.69) is 15.3 Å². The van der Waals surface area contributed by atoms with Gasteiger partial charge in [0.25, 0.3) is 0 Å². The molecule has 0 spiro atoms. The molecule has 1 aromatic carbocycles. The molecule has 0 unspecified atom stereocenters. The Balaban J connectivity index is 1.91. The molecular weight excluding hydrogens is 300 g/mol. The zero-order valence-electron chi connectivity index (χ0n) is 11.0. The maximum Gasteiger partial charge on any atom is 0.168 e. The molecule has 0 aliphatic carbocycles. The van der Waals surface area contributed by atoms with Gasteiger partial charge < -0.3 is 11.1 Å². The monoisotopic (exact) mass is 312 g/mol. The molecule has 0 saturated carbocycles. The van der Waals surface area contributed by atoms with Gasteiger partial charge in [-0.1, -0.05) is 18.2 Å². The van der Waals surface area contributed by atoms with Gasteiger partial charge in [-0.2, -0.15) is 0 Å². The molecule has 0 radical (unpaired) electrons. The van der Waals surface area contributed by atoms with E-state index in [0.29, 0.717) is 0 Å². The first kappa shape index (κ1) is 13.7. The van der Waals surface area contributed by atoms with E-state index in [-0.39, 0.29) is 5.11 Å².